The number of ether oxygens (including phenoxy) is 1. The summed E-state index contributed by atoms with van der Waals surface area (Å²) >= 11 is 0. The highest BCUT2D eigenvalue weighted by atomic mass is 16.5. The molecule has 1 fully saturated rings. The third-order valence-electron chi connectivity index (χ3n) is 4.10. The van der Waals surface area contributed by atoms with Crippen LogP contribution in [0.4, 0.5) is 0 Å². The van der Waals surface area contributed by atoms with Gasteiger partial charge in [0.05, 0.1) is 12.2 Å². The van der Waals surface area contributed by atoms with Crippen LogP contribution in [0.3, 0.4) is 0 Å². The molecule has 18 heavy (non-hydrogen) atoms. The van der Waals surface area contributed by atoms with Crippen molar-refractivity contribution in [1.82, 2.24) is 0 Å². The van der Waals surface area contributed by atoms with Crippen LogP contribution in [0.25, 0.3) is 0 Å². The fraction of sp³-hybridized carbons (Fsp3) is 0.625. The minimum Gasteiger partial charge on any atom is -0.388 e. The zero-order valence-corrected chi connectivity index (χ0v) is 11.9. The predicted molar refractivity (Wildman–Crippen MR) is 73.8 cm³/mol. The first-order valence-electron chi connectivity index (χ1n) is 6.92. The minimum atomic E-state index is -0.391. The lowest BCUT2D eigenvalue weighted by molar-refractivity contribution is 0.0302. The molecule has 1 aliphatic heterocycles. The van der Waals surface area contributed by atoms with E-state index in [0.29, 0.717) is 0 Å². The van der Waals surface area contributed by atoms with E-state index in [4.69, 9.17) is 4.74 Å². The summed E-state index contributed by atoms with van der Waals surface area (Å²) in [4.78, 5) is 0. The zero-order chi connectivity index (χ0) is 13.3. The largest absolute Gasteiger partial charge is 0.388 e. The standard InChI is InChI=1S/C16H24O2/c1-5-14-13(6-7-18-14)16(17)15-11(3)8-10(2)9-12(15)4/h8-9,13-14,16-17H,5-7H2,1-4H3. The molecule has 1 N–H and O–H groups in total. The number of aliphatic hydroxyl groups excluding tert-OH is 1. The number of rotatable bonds is 3. The molecule has 100 valence electrons. The molecule has 0 aromatic heterocycles. The van der Waals surface area contributed by atoms with Gasteiger partial charge < -0.3 is 9.84 Å². The van der Waals surface area contributed by atoms with Crippen LogP contribution in [0.5, 0.6) is 0 Å². The molecule has 1 aromatic rings. The average Bonchev–Trinajstić information content (AvgIpc) is 2.75. The van der Waals surface area contributed by atoms with Gasteiger partial charge in [0.25, 0.3) is 0 Å². The molecular formula is C16H24O2. The molecule has 1 heterocycles. The Hall–Kier alpha value is -0.860. The Morgan fingerprint density at radius 3 is 2.44 bits per heavy atom. The maximum absolute atomic E-state index is 10.7. The number of aryl methyl sites for hydroxylation is 3. The number of hydrogen-bond acceptors (Lipinski definition) is 2. The third kappa shape index (κ3) is 2.45. The van der Waals surface area contributed by atoms with Crippen LogP contribution in [0.15, 0.2) is 12.1 Å². The Balaban J connectivity index is 2.31. The predicted octanol–water partition coefficient (Wildman–Crippen LogP) is 3.46. The van der Waals surface area contributed by atoms with Crippen molar-refractivity contribution in [2.45, 2.75) is 52.7 Å². The molecule has 1 aliphatic rings. The van der Waals surface area contributed by atoms with Gasteiger partial charge in [-0.25, -0.2) is 0 Å². The average molecular weight is 248 g/mol. The van der Waals surface area contributed by atoms with Crippen molar-refractivity contribution in [3.63, 3.8) is 0 Å². The summed E-state index contributed by atoms with van der Waals surface area (Å²) in [7, 11) is 0. The summed E-state index contributed by atoms with van der Waals surface area (Å²) in [6, 6.07) is 4.31. The van der Waals surface area contributed by atoms with Crippen LogP contribution < -0.4 is 0 Å². The summed E-state index contributed by atoms with van der Waals surface area (Å²) in [6.45, 7) is 9.20. The van der Waals surface area contributed by atoms with Gasteiger partial charge >= 0.3 is 0 Å². The molecule has 0 bridgehead atoms. The molecule has 2 rings (SSSR count). The molecule has 0 amide bonds. The van der Waals surface area contributed by atoms with Crippen molar-refractivity contribution >= 4 is 0 Å². The topological polar surface area (TPSA) is 29.5 Å². The first-order valence-corrected chi connectivity index (χ1v) is 6.92. The summed E-state index contributed by atoms with van der Waals surface area (Å²) in [6.07, 6.45) is 1.76. The van der Waals surface area contributed by atoms with Gasteiger partial charge in [-0.05, 0) is 50.3 Å². The quantitative estimate of drug-likeness (QED) is 0.887. The van der Waals surface area contributed by atoms with E-state index in [1.807, 2.05) is 0 Å². The fourth-order valence-corrected chi connectivity index (χ4v) is 3.32. The molecular weight excluding hydrogens is 224 g/mol. The lowest BCUT2D eigenvalue weighted by atomic mass is 9.84. The van der Waals surface area contributed by atoms with Gasteiger partial charge in [0.15, 0.2) is 0 Å². The molecule has 3 unspecified atom stereocenters. The van der Waals surface area contributed by atoms with Crippen LogP contribution in [-0.2, 0) is 4.74 Å². The first kappa shape index (κ1) is 13.6. The highest BCUT2D eigenvalue weighted by Gasteiger charge is 2.34. The summed E-state index contributed by atoms with van der Waals surface area (Å²) in [5.41, 5.74) is 4.76. The molecule has 2 nitrogen and oxygen atoms in total. The van der Waals surface area contributed by atoms with Crippen molar-refractivity contribution < 1.29 is 9.84 Å². The smallest absolute Gasteiger partial charge is 0.0848 e. The van der Waals surface area contributed by atoms with Gasteiger partial charge in [-0.3, -0.25) is 0 Å². The van der Waals surface area contributed by atoms with Crippen LogP contribution in [-0.4, -0.2) is 17.8 Å². The second-order valence-corrected chi connectivity index (χ2v) is 5.53. The van der Waals surface area contributed by atoms with E-state index < -0.39 is 6.10 Å². The fourth-order valence-electron chi connectivity index (χ4n) is 3.32. The first-order chi connectivity index (χ1) is 8.54. The van der Waals surface area contributed by atoms with Crippen LogP contribution in [0, 0.1) is 26.7 Å². The summed E-state index contributed by atoms with van der Waals surface area (Å²) in [5, 5.41) is 10.7. The Bertz CT molecular complexity index is 402. The van der Waals surface area contributed by atoms with Crippen LogP contribution in [0.1, 0.15) is 48.1 Å². The van der Waals surface area contributed by atoms with Crippen LogP contribution >= 0.6 is 0 Å². The minimum absolute atomic E-state index is 0.208. The molecule has 1 aromatic carbocycles. The Morgan fingerprint density at radius 2 is 1.89 bits per heavy atom. The highest BCUT2D eigenvalue weighted by Crippen LogP contribution is 2.37. The van der Waals surface area contributed by atoms with Gasteiger partial charge in [0, 0.05) is 12.5 Å². The van der Waals surface area contributed by atoms with E-state index in [-0.39, 0.29) is 12.0 Å². The molecule has 2 heteroatoms. The second kappa shape index (κ2) is 5.41. The lowest BCUT2D eigenvalue weighted by Gasteiger charge is -2.26. The van der Waals surface area contributed by atoms with E-state index in [1.165, 1.54) is 16.7 Å². The maximum Gasteiger partial charge on any atom is 0.0848 e. The van der Waals surface area contributed by atoms with E-state index in [1.54, 1.807) is 0 Å². The molecule has 0 spiro atoms. The van der Waals surface area contributed by atoms with Crippen molar-refractivity contribution in [3.8, 4) is 0 Å². The Morgan fingerprint density at radius 1 is 1.28 bits per heavy atom. The number of aliphatic hydroxyl groups is 1. The van der Waals surface area contributed by atoms with Crippen LogP contribution in [0.2, 0.25) is 0 Å². The van der Waals surface area contributed by atoms with E-state index in [9.17, 15) is 5.11 Å². The van der Waals surface area contributed by atoms with Gasteiger partial charge in [0.1, 0.15) is 0 Å². The molecule has 0 radical (unpaired) electrons. The van der Waals surface area contributed by atoms with Gasteiger partial charge in [-0.1, -0.05) is 24.6 Å². The van der Waals surface area contributed by atoms with Crippen molar-refractivity contribution in [3.05, 3.63) is 34.4 Å². The molecule has 1 saturated heterocycles. The normalized spacial score (nSPS) is 25.4. The molecule has 0 saturated carbocycles. The van der Waals surface area contributed by atoms with Crippen molar-refractivity contribution in [1.29, 1.82) is 0 Å². The third-order valence-corrected chi connectivity index (χ3v) is 4.10. The second-order valence-electron chi connectivity index (χ2n) is 5.53. The SMILES string of the molecule is CCC1OCCC1C(O)c1c(C)cc(C)cc1C. The lowest BCUT2D eigenvalue weighted by Crippen LogP contribution is -2.23. The number of benzene rings is 1. The molecule has 0 aliphatic carbocycles. The Labute approximate surface area is 110 Å². The number of hydrogen-bond donors (Lipinski definition) is 1. The van der Waals surface area contributed by atoms with E-state index >= 15 is 0 Å². The van der Waals surface area contributed by atoms with Crippen molar-refractivity contribution in [2.24, 2.45) is 5.92 Å². The summed E-state index contributed by atoms with van der Waals surface area (Å²) < 4.78 is 5.70. The monoisotopic (exact) mass is 248 g/mol. The van der Waals surface area contributed by atoms with Gasteiger partial charge in [0.2, 0.25) is 0 Å². The Kier molecular flexibility index (Phi) is 4.08. The van der Waals surface area contributed by atoms with Gasteiger partial charge in [-0.2, -0.15) is 0 Å². The molecule has 3 atom stereocenters. The maximum atomic E-state index is 10.7. The van der Waals surface area contributed by atoms with Crippen molar-refractivity contribution in [2.75, 3.05) is 6.61 Å². The van der Waals surface area contributed by atoms with E-state index in [0.717, 1.165) is 25.0 Å². The van der Waals surface area contributed by atoms with E-state index in [2.05, 4.69) is 39.8 Å². The highest BCUT2D eigenvalue weighted by molar-refractivity contribution is 5.39. The zero-order valence-electron chi connectivity index (χ0n) is 11.9. The summed E-state index contributed by atoms with van der Waals surface area (Å²) in [5.74, 6) is 0.245. The van der Waals surface area contributed by atoms with Gasteiger partial charge in [-0.15, -0.1) is 0 Å².